The molecule has 0 radical (unpaired) electrons. The van der Waals surface area contributed by atoms with Gasteiger partial charge in [0.05, 0.1) is 4.90 Å². The minimum Gasteiger partial charge on any atom is -0.305 e. The number of fused-ring (bicyclic) bond motifs is 1. The highest BCUT2D eigenvalue weighted by Crippen LogP contribution is 2.37. The summed E-state index contributed by atoms with van der Waals surface area (Å²) in [6.45, 7) is 0. The average Bonchev–Trinajstić information content (AvgIpc) is 2.31. The van der Waals surface area contributed by atoms with Crippen LogP contribution in [0.1, 0.15) is 0 Å². The Hall–Kier alpha value is -0.740. The lowest BCUT2D eigenvalue weighted by atomic mass is 10.3. The first-order valence-electron chi connectivity index (χ1n) is 3.24. The standard InChI is InChI=1S/C7H7FN2S/c1-10-9-7-5(8)3-2-4-6(7)11-10/h2-4,9H,1H3. The van der Waals surface area contributed by atoms with Gasteiger partial charge in [-0.3, -0.25) is 0 Å². The van der Waals surface area contributed by atoms with Crippen molar-refractivity contribution in [3.05, 3.63) is 24.0 Å². The van der Waals surface area contributed by atoms with Gasteiger partial charge in [-0.05, 0) is 24.1 Å². The van der Waals surface area contributed by atoms with Gasteiger partial charge in [0.15, 0.2) is 0 Å². The van der Waals surface area contributed by atoms with Crippen LogP contribution in [0.15, 0.2) is 23.1 Å². The molecule has 0 aliphatic carbocycles. The molecule has 1 N–H and O–H groups in total. The summed E-state index contributed by atoms with van der Waals surface area (Å²) >= 11 is 1.49. The predicted molar refractivity (Wildman–Crippen MR) is 43.6 cm³/mol. The summed E-state index contributed by atoms with van der Waals surface area (Å²) in [5.41, 5.74) is 3.47. The third kappa shape index (κ3) is 1.08. The Kier molecular flexibility index (Phi) is 1.51. The van der Waals surface area contributed by atoms with E-state index in [2.05, 4.69) is 5.43 Å². The van der Waals surface area contributed by atoms with Crippen molar-refractivity contribution in [1.29, 1.82) is 0 Å². The summed E-state index contributed by atoms with van der Waals surface area (Å²) in [6.07, 6.45) is 0. The summed E-state index contributed by atoms with van der Waals surface area (Å²) in [7, 11) is 1.85. The van der Waals surface area contributed by atoms with E-state index in [0.717, 1.165) is 4.90 Å². The number of hydrazine groups is 1. The van der Waals surface area contributed by atoms with Crippen LogP contribution >= 0.6 is 11.9 Å². The van der Waals surface area contributed by atoms with E-state index in [4.69, 9.17) is 0 Å². The second kappa shape index (κ2) is 2.39. The largest absolute Gasteiger partial charge is 0.305 e. The van der Waals surface area contributed by atoms with E-state index in [0.29, 0.717) is 5.69 Å². The molecule has 0 bridgehead atoms. The van der Waals surface area contributed by atoms with Crippen molar-refractivity contribution in [2.24, 2.45) is 0 Å². The van der Waals surface area contributed by atoms with Crippen molar-refractivity contribution < 1.29 is 4.39 Å². The topological polar surface area (TPSA) is 15.3 Å². The van der Waals surface area contributed by atoms with Gasteiger partial charge in [-0.25, -0.2) is 4.39 Å². The van der Waals surface area contributed by atoms with Gasteiger partial charge >= 0.3 is 0 Å². The molecule has 2 nitrogen and oxygen atoms in total. The normalized spacial score (nSPS) is 16.2. The SMILES string of the molecule is CN1Nc2c(F)cccc2S1. The summed E-state index contributed by atoms with van der Waals surface area (Å²) in [5, 5.41) is 0. The second-order valence-corrected chi connectivity index (χ2v) is 3.48. The van der Waals surface area contributed by atoms with E-state index in [9.17, 15) is 4.39 Å². The molecule has 0 saturated heterocycles. The van der Waals surface area contributed by atoms with Gasteiger partial charge in [0.1, 0.15) is 11.5 Å². The third-order valence-electron chi connectivity index (χ3n) is 1.48. The molecular weight excluding hydrogens is 163 g/mol. The van der Waals surface area contributed by atoms with Gasteiger partial charge in [-0.1, -0.05) is 6.07 Å². The highest BCUT2D eigenvalue weighted by atomic mass is 32.2. The van der Waals surface area contributed by atoms with Crippen LogP contribution in [0.3, 0.4) is 0 Å². The number of hydrogen-bond acceptors (Lipinski definition) is 3. The minimum atomic E-state index is -0.195. The Morgan fingerprint density at radius 2 is 2.36 bits per heavy atom. The van der Waals surface area contributed by atoms with Crippen molar-refractivity contribution >= 4 is 17.6 Å². The van der Waals surface area contributed by atoms with Gasteiger partial charge in [0.2, 0.25) is 0 Å². The van der Waals surface area contributed by atoms with Crippen molar-refractivity contribution in [3.8, 4) is 0 Å². The summed E-state index contributed by atoms with van der Waals surface area (Å²) in [5.74, 6) is -0.195. The van der Waals surface area contributed by atoms with Gasteiger partial charge in [-0.2, -0.15) is 4.41 Å². The van der Waals surface area contributed by atoms with Crippen LogP contribution in [0, 0.1) is 5.82 Å². The fourth-order valence-corrected chi connectivity index (χ4v) is 1.82. The molecule has 0 unspecified atom stereocenters. The molecule has 0 fully saturated rings. The van der Waals surface area contributed by atoms with Crippen LogP contribution < -0.4 is 5.43 Å². The zero-order valence-electron chi connectivity index (χ0n) is 5.97. The first kappa shape index (κ1) is 6.94. The summed E-state index contributed by atoms with van der Waals surface area (Å²) in [6, 6.07) is 5.05. The lowest BCUT2D eigenvalue weighted by Crippen LogP contribution is -2.11. The van der Waals surface area contributed by atoms with Crippen LogP contribution in [-0.2, 0) is 0 Å². The van der Waals surface area contributed by atoms with Crippen LogP contribution in [-0.4, -0.2) is 11.5 Å². The molecular formula is C7H7FN2S. The molecule has 0 aromatic heterocycles. The maximum atomic E-state index is 13.0. The number of para-hydroxylation sites is 1. The monoisotopic (exact) mass is 170 g/mol. The first-order chi connectivity index (χ1) is 5.27. The molecule has 1 aliphatic heterocycles. The van der Waals surface area contributed by atoms with Gasteiger partial charge < -0.3 is 5.43 Å². The van der Waals surface area contributed by atoms with E-state index in [1.165, 1.54) is 18.0 Å². The molecule has 1 heterocycles. The maximum absolute atomic E-state index is 13.0. The fourth-order valence-electron chi connectivity index (χ4n) is 1.02. The van der Waals surface area contributed by atoms with Crippen molar-refractivity contribution in [1.82, 2.24) is 4.41 Å². The molecule has 0 spiro atoms. The lowest BCUT2D eigenvalue weighted by Gasteiger charge is -2.04. The minimum absolute atomic E-state index is 0.195. The van der Waals surface area contributed by atoms with Crippen LogP contribution in [0.5, 0.6) is 0 Å². The van der Waals surface area contributed by atoms with Crippen LogP contribution in [0.4, 0.5) is 10.1 Å². The average molecular weight is 170 g/mol. The number of benzene rings is 1. The Morgan fingerprint density at radius 1 is 1.55 bits per heavy atom. The number of halogens is 1. The Morgan fingerprint density at radius 3 is 3.09 bits per heavy atom. The van der Waals surface area contributed by atoms with E-state index in [1.54, 1.807) is 10.5 Å². The number of nitrogens with one attached hydrogen (secondary N) is 1. The molecule has 11 heavy (non-hydrogen) atoms. The number of rotatable bonds is 0. The molecule has 1 aromatic carbocycles. The molecule has 0 saturated carbocycles. The molecule has 1 aromatic rings. The fraction of sp³-hybridized carbons (Fsp3) is 0.143. The van der Waals surface area contributed by atoms with Crippen molar-refractivity contribution in [2.45, 2.75) is 4.90 Å². The van der Waals surface area contributed by atoms with Crippen LogP contribution in [0.25, 0.3) is 0 Å². The van der Waals surface area contributed by atoms with Crippen molar-refractivity contribution in [2.75, 3.05) is 12.5 Å². The summed E-state index contributed by atoms with van der Waals surface area (Å²) in [4.78, 5) is 0.938. The Bertz CT molecular complexity index is 290. The van der Waals surface area contributed by atoms with Gasteiger partial charge in [0, 0.05) is 7.05 Å². The van der Waals surface area contributed by atoms with Gasteiger partial charge in [0.25, 0.3) is 0 Å². The number of hydrogen-bond donors (Lipinski definition) is 1. The molecule has 58 valence electrons. The highest BCUT2D eigenvalue weighted by Gasteiger charge is 2.18. The predicted octanol–water partition coefficient (Wildman–Crippen LogP) is 2.11. The van der Waals surface area contributed by atoms with Crippen molar-refractivity contribution in [3.63, 3.8) is 0 Å². The molecule has 1 aliphatic rings. The zero-order chi connectivity index (χ0) is 7.84. The Labute approximate surface area is 68.5 Å². The maximum Gasteiger partial charge on any atom is 0.148 e. The van der Waals surface area contributed by atoms with Gasteiger partial charge in [-0.15, -0.1) is 0 Å². The van der Waals surface area contributed by atoms with E-state index >= 15 is 0 Å². The Balaban J connectivity index is 2.49. The smallest absolute Gasteiger partial charge is 0.148 e. The number of anilines is 1. The van der Waals surface area contributed by atoms with E-state index < -0.39 is 0 Å². The molecule has 0 atom stereocenters. The zero-order valence-corrected chi connectivity index (χ0v) is 6.78. The molecule has 4 heteroatoms. The molecule has 2 rings (SSSR count). The van der Waals surface area contributed by atoms with E-state index in [1.807, 2.05) is 13.1 Å². The highest BCUT2D eigenvalue weighted by molar-refractivity contribution is 7.97. The first-order valence-corrected chi connectivity index (χ1v) is 4.01. The quantitative estimate of drug-likeness (QED) is 0.600. The third-order valence-corrected chi connectivity index (χ3v) is 2.38. The molecule has 0 amide bonds. The lowest BCUT2D eigenvalue weighted by molar-refractivity contribution is 0.615. The number of nitrogens with zero attached hydrogens (tertiary/aromatic N) is 1. The summed E-state index contributed by atoms with van der Waals surface area (Å²) < 4.78 is 14.7. The van der Waals surface area contributed by atoms with Crippen LogP contribution in [0.2, 0.25) is 0 Å². The van der Waals surface area contributed by atoms with E-state index in [-0.39, 0.29) is 5.82 Å². The second-order valence-electron chi connectivity index (χ2n) is 2.31.